The smallest absolute Gasteiger partial charge is 0.164 e. The van der Waals surface area contributed by atoms with Crippen molar-refractivity contribution in [2.45, 2.75) is 0 Å². The molecule has 49 heavy (non-hydrogen) atoms. The first kappa shape index (κ1) is 23.2. The van der Waals surface area contributed by atoms with Crippen LogP contribution in [-0.4, -0.2) is 15.0 Å². The van der Waals surface area contributed by atoms with Gasteiger partial charge in [-0.3, -0.25) is 0 Å². The molecule has 0 spiro atoms. The molecule has 0 aliphatic rings. The van der Waals surface area contributed by atoms with E-state index in [1.165, 1.54) is 0 Å². The van der Waals surface area contributed by atoms with Crippen LogP contribution in [0.3, 0.4) is 0 Å². The summed E-state index contributed by atoms with van der Waals surface area (Å²) in [6, 6.07) is 44.1. The summed E-state index contributed by atoms with van der Waals surface area (Å²) in [5.41, 5.74) is 6.48. The Kier molecular flexibility index (Phi) is 5.87. The minimum absolute atomic E-state index is 0.00418. The number of nitrogens with zero attached hydrogens (tertiary/aromatic N) is 3. The van der Waals surface area contributed by atoms with Gasteiger partial charge in [-0.25, -0.2) is 15.0 Å². The molecule has 0 saturated heterocycles. The summed E-state index contributed by atoms with van der Waals surface area (Å²) in [5.74, 6) is 0.767. The van der Waals surface area contributed by atoms with Crippen LogP contribution in [0.4, 0.5) is 0 Å². The van der Waals surface area contributed by atoms with E-state index in [4.69, 9.17) is 17.7 Å². The Balaban J connectivity index is 1.27. The molecular formula is C45H29N3S. The molecular weight excluding hydrogens is 615 g/mol. The van der Waals surface area contributed by atoms with Crippen molar-refractivity contribution >= 4 is 31.5 Å². The molecule has 0 unspecified atom stereocenters. The summed E-state index contributed by atoms with van der Waals surface area (Å²) in [4.78, 5) is 14.7. The molecule has 230 valence electrons. The Morgan fingerprint density at radius 3 is 1.51 bits per heavy atom. The average Bonchev–Trinajstić information content (AvgIpc) is 3.65. The summed E-state index contributed by atoms with van der Waals surface area (Å²) >= 11 is 1.09. The van der Waals surface area contributed by atoms with E-state index in [2.05, 4.69) is 0 Å². The fraction of sp³-hybridized carbons (Fsp3) is 0. The van der Waals surface area contributed by atoms with Gasteiger partial charge >= 0.3 is 0 Å². The van der Waals surface area contributed by atoms with Crippen LogP contribution in [0.2, 0.25) is 0 Å². The van der Waals surface area contributed by atoms with Gasteiger partial charge in [0.1, 0.15) is 0 Å². The van der Waals surface area contributed by atoms with Crippen LogP contribution in [0.1, 0.15) is 8.22 Å². The molecule has 0 N–H and O–H groups in total. The number of fused-ring (bicyclic) bond motifs is 3. The normalized spacial score (nSPS) is 13.0. The van der Waals surface area contributed by atoms with Crippen molar-refractivity contribution in [1.82, 2.24) is 15.0 Å². The van der Waals surface area contributed by atoms with E-state index in [-0.39, 0.29) is 58.6 Å². The molecule has 0 radical (unpaired) electrons. The second-order valence-electron chi connectivity index (χ2n) is 11.6. The Labute approximate surface area is 297 Å². The third-order valence-electron chi connectivity index (χ3n) is 8.41. The quantitative estimate of drug-likeness (QED) is 0.180. The van der Waals surface area contributed by atoms with Gasteiger partial charge in [0.05, 0.1) is 8.22 Å². The van der Waals surface area contributed by atoms with Crippen molar-refractivity contribution in [2.24, 2.45) is 0 Å². The molecule has 0 bridgehead atoms. The Morgan fingerprint density at radius 1 is 0.347 bits per heavy atom. The summed E-state index contributed by atoms with van der Waals surface area (Å²) in [5, 5.41) is 0.544. The number of hydrogen-bond acceptors (Lipinski definition) is 4. The zero-order valence-electron chi connectivity index (χ0n) is 32.0. The number of thiophene rings is 1. The van der Waals surface area contributed by atoms with E-state index < -0.39 is 0 Å². The highest BCUT2D eigenvalue weighted by molar-refractivity contribution is 7.25. The highest BCUT2D eigenvalue weighted by Crippen LogP contribution is 2.38. The zero-order valence-corrected chi connectivity index (χ0v) is 26.8. The lowest BCUT2D eigenvalue weighted by molar-refractivity contribution is 1.07. The van der Waals surface area contributed by atoms with Crippen molar-refractivity contribution in [3.05, 3.63) is 176 Å². The van der Waals surface area contributed by atoms with Gasteiger partial charge in [-0.15, -0.1) is 11.3 Å². The van der Waals surface area contributed by atoms with E-state index in [9.17, 15) is 5.48 Å². The lowest BCUT2D eigenvalue weighted by Crippen LogP contribution is -2.00. The molecule has 9 rings (SSSR count). The van der Waals surface area contributed by atoms with Crippen LogP contribution in [-0.2, 0) is 0 Å². The summed E-state index contributed by atoms with van der Waals surface area (Å²) in [6.07, 6.45) is 0. The van der Waals surface area contributed by atoms with Crippen LogP contribution in [0.25, 0.3) is 87.7 Å². The minimum Gasteiger partial charge on any atom is -0.208 e. The molecule has 0 amide bonds. The van der Waals surface area contributed by atoms with Crippen LogP contribution in [0, 0.1) is 0 Å². The second-order valence-corrected chi connectivity index (χ2v) is 12.6. The molecule has 3 nitrogen and oxygen atoms in total. The molecule has 0 fully saturated rings. The molecule has 7 aromatic carbocycles. The summed E-state index contributed by atoms with van der Waals surface area (Å²) in [6.45, 7) is 0. The topological polar surface area (TPSA) is 38.7 Å². The fourth-order valence-electron chi connectivity index (χ4n) is 5.91. The van der Waals surface area contributed by atoms with Gasteiger partial charge in [-0.2, -0.15) is 0 Å². The number of hydrogen-bond donors (Lipinski definition) is 0. The van der Waals surface area contributed by atoms with Gasteiger partial charge in [0.15, 0.2) is 17.5 Å². The van der Waals surface area contributed by atoms with Crippen molar-refractivity contribution in [1.29, 1.82) is 0 Å². The third-order valence-corrected chi connectivity index (χ3v) is 9.43. The Morgan fingerprint density at radius 2 is 0.837 bits per heavy atom. The minimum atomic E-state index is -0.264. The van der Waals surface area contributed by atoms with E-state index in [0.717, 1.165) is 33.6 Å². The predicted octanol–water partition coefficient (Wildman–Crippen LogP) is 12.2. The predicted molar refractivity (Wildman–Crippen MR) is 205 cm³/mol. The number of rotatable bonds is 6. The maximum atomic E-state index is 9.52. The summed E-state index contributed by atoms with van der Waals surface area (Å²) < 4.78 is 55.8. The SMILES string of the molecule is [2H]c1c(-c2ccccc2)c([2H])c2c(sc3c([2H])c(-c4nc(-c5ccc(-c6ccccc6)cc5)nc(-c5cccc(-c6ccccc6)c5)n4)c([2H])c([2H])c32)c1[2H]. The highest BCUT2D eigenvalue weighted by Gasteiger charge is 2.15. The maximum Gasteiger partial charge on any atom is 0.164 e. The van der Waals surface area contributed by atoms with Gasteiger partial charge in [-0.1, -0.05) is 152 Å². The highest BCUT2D eigenvalue weighted by atomic mass is 32.1. The van der Waals surface area contributed by atoms with E-state index in [0.29, 0.717) is 43.1 Å². The van der Waals surface area contributed by atoms with E-state index >= 15 is 0 Å². The van der Waals surface area contributed by atoms with Crippen molar-refractivity contribution in [2.75, 3.05) is 0 Å². The first-order chi connectivity index (χ1) is 26.8. The van der Waals surface area contributed by atoms with Gasteiger partial charge in [0.25, 0.3) is 0 Å². The number of benzene rings is 7. The van der Waals surface area contributed by atoms with Gasteiger partial charge in [-0.05, 0) is 57.6 Å². The van der Waals surface area contributed by atoms with Crippen molar-refractivity contribution in [3.8, 4) is 67.5 Å². The monoisotopic (exact) mass is 649 g/mol. The summed E-state index contributed by atoms with van der Waals surface area (Å²) in [7, 11) is 0. The van der Waals surface area contributed by atoms with Crippen LogP contribution < -0.4 is 0 Å². The van der Waals surface area contributed by atoms with E-state index in [1.54, 1.807) is 12.1 Å². The van der Waals surface area contributed by atoms with Crippen LogP contribution in [0.15, 0.2) is 176 Å². The van der Waals surface area contributed by atoms with Gasteiger partial charge in [0.2, 0.25) is 0 Å². The standard InChI is InChI=1S/C45H29N3S/c1-4-11-30(12-5-1)33-19-21-34(22-20-33)43-46-44(37-18-10-17-35(27-37)31-13-6-2-7-14-31)48-45(47-43)38-23-25-39-40-28-36(32-15-8-3-9-16-32)24-26-41(40)49-42(39)29-38/h1-29H/i23D,24D,25D,26D,28D,29D. The largest absolute Gasteiger partial charge is 0.208 e. The molecule has 0 aliphatic carbocycles. The van der Waals surface area contributed by atoms with Gasteiger partial charge < -0.3 is 0 Å². The number of aromatic nitrogens is 3. The first-order valence-electron chi connectivity index (χ1n) is 18.9. The third kappa shape index (κ3) is 5.69. The molecule has 4 heteroatoms. The zero-order chi connectivity index (χ0) is 37.8. The lowest BCUT2D eigenvalue weighted by Gasteiger charge is -2.10. The maximum absolute atomic E-state index is 9.52. The molecule has 0 atom stereocenters. The Bertz CT molecular complexity index is 2920. The van der Waals surface area contributed by atoms with Gasteiger partial charge in [0, 0.05) is 36.9 Å². The fourth-order valence-corrected chi connectivity index (χ4v) is 6.88. The van der Waals surface area contributed by atoms with Crippen LogP contribution in [0.5, 0.6) is 0 Å². The average molecular weight is 650 g/mol. The molecule has 2 heterocycles. The van der Waals surface area contributed by atoms with Crippen molar-refractivity contribution in [3.63, 3.8) is 0 Å². The molecule has 0 saturated carbocycles. The Hall–Kier alpha value is -6.23. The second kappa shape index (κ2) is 12.4. The van der Waals surface area contributed by atoms with Crippen LogP contribution >= 0.6 is 11.3 Å². The molecule has 0 aliphatic heterocycles. The van der Waals surface area contributed by atoms with E-state index in [1.807, 2.05) is 127 Å². The first-order valence-corrected chi connectivity index (χ1v) is 16.7. The van der Waals surface area contributed by atoms with Crippen molar-refractivity contribution < 1.29 is 8.22 Å². The molecule has 2 aromatic heterocycles. The molecule has 9 aromatic rings. The lowest BCUT2D eigenvalue weighted by atomic mass is 10.0.